The van der Waals surface area contributed by atoms with Gasteiger partial charge in [0.2, 0.25) is 0 Å². The van der Waals surface area contributed by atoms with Gasteiger partial charge in [0.25, 0.3) is 5.69 Å². The monoisotopic (exact) mass is 290 g/mol. The van der Waals surface area contributed by atoms with Gasteiger partial charge in [-0.15, -0.1) is 11.6 Å². The Morgan fingerprint density at radius 3 is 2.50 bits per heavy atom. The molecule has 0 spiro atoms. The van der Waals surface area contributed by atoms with Crippen LogP contribution in [0, 0.1) is 17.0 Å². The van der Waals surface area contributed by atoms with Crippen LogP contribution in [0.25, 0.3) is 0 Å². The Balaban J connectivity index is 2.52. The summed E-state index contributed by atoms with van der Waals surface area (Å²) in [6, 6.07) is 12.8. The third-order valence-electron chi connectivity index (χ3n) is 3.23. The largest absolute Gasteiger partial charge is 0.339 e. The van der Waals surface area contributed by atoms with Crippen LogP contribution in [0.4, 0.5) is 17.1 Å². The van der Waals surface area contributed by atoms with Crippen LogP contribution in [-0.4, -0.2) is 12.0 Å². The van der Waals surface area contributed by atoms with Crippen LogP contribution in [0.15, 0.2) is 42.5 Å². The molecule has 0 aliphatic carbocycles. The smallest absolute Gasteiger partial charge is 0.293 e. The van der Waals surface area contributed by atoms with Gasteiger partial charge < -0.3 is 4.90 Å². The average molecular weight is 291 g/mol. The Hall–Kier alpha value is -2.07. The Morgan fingerprint density at radius 2 is 1.90 bits per heavy atom. The van der Waals surface area contributed by atoms with Crippen molar-refractivity contribution < 1.29 is 4.92 Å². The zero-order valence-corrected chi connectivity index (χ0v) is 12.1. The molecule has 0 N–H and O–H groups in total. The molecule has 104 valence electrons. The van der Waals surface area contributed by atoms with Crippen LogP contribution in [-0.2, 0) is 5.88 Å². The summed E-state index contributed by atoms with van der Waals surface area (Å²) in [6.45, 7) is 1.98. The molecule has 0 amide bonds. The zero-order chi connectivity index (χ0) is 14.7. The quantitative estimate of drug-likeness (QED) is 0.476. The highest BCUT2D eigenvalue weighted by Gasteiger charge is 2.19. The van der Waals surface area contributed by atoms with E-state index in [1.165, 1.54) is 6.07 Å². The van der Waals surface area contributed by atoms with Gasteiger partial charge >= 0.3 is 0 Å². The van der Waals surface area contributed by atoms with E-state index < -0.39 is 0 Å². The molecule has 0 unspecified atom stereocenters. The number of nitrogens with zero attached hydrogens (tertiary/aromatic N) is 2. The first-order valence-electron chi connectivity index (χ1n) is 6.17. The maximum Gasteiger partial charge on any atom is 0.293 e. The molecule has 0 aromatic heterocycles. The van der Waals surface area contributed by atoms with E-state index in [-0.39, 0.29) is 16.5 Å². The van der Waals surface area contributed by atoms with E-state index in [1.54, 1.807) is 6.07 Å². The highest BCUT2D eigenvalue weighted by molar-refractivity contribution is 6.17. The Kier molecular flexibility index (Phi) is 4.25. The third-order valence-corrected chi connectivity index (χ3v) is 3.54. The molecule has 20 heavy (non-hydrogen) atoms. The maximum atomic E-state index is 11.2. The minimum atomic E-state index is -0.375. The van der Waals surface area contributed by atoms with Crippen LogP contribution in [0.5, 0.6) is 0 Å². The molecule has 4 nitrogen and oxygen atoms in total. The normalized spacial score (nSPS) is 10.3. The number of rotatable bonds is 4. The fraction of sp³-hybridized carbons (Fsp3) is 0.200. The first-order valence-corrected chi connectivity index (χ1v) is 6.70. The molecule has 0 saturated heterocycles. The number of hydrogen-bond acceptors (Lipinski definition) is 3. The van der Waals surface area contributed by atoms with Crippen LogP contribution in [0.3, 0.4) is 0 Å². The Morgan fingerprint density at radius 1 is 1.20 bits per heavy atom. The fourth-order valence-corrected chi connectivity index (χ4v) is 2.32. The van der Waals surface area contributed by atoms with Gasteiger partial charge in [-0.25, -0.2) is 0 Å². The van der Waals surface area contributed by atoms with Crippen molar-refractivity contribution >= 4 is 28.7 Å². The van der Waals surface area contributed by atoms with Crippen molar-refractivity contribution in [2.24, 2.45) is 0 Å². The predicted molar refractivity (Wildman–Crippen MR) is 81.9 cm³/mol. The van der Waals surface area contributed by atoms with E-state index in [1.807, 2.05) is 49.2 Å². The molecule has 0 aliphatic heterocycles. The Bertz CT molecular complexity index is 644. The number of halogens is 1. The van der Waals surface area contributed by atoms with E-state index in [0.717, 1.165) is 16.8 Å². The number of nitro groups is 1. The SMILES string of the molecule is Cc1ccccc1N(C)c1ccc(CCl)cc1[N+](=O)[O-]. The van der Waals surface area contributed by atoms with Crippen molar-refractivity contribution in [2.45, 2.75) is 12.8 Å². The Labute approximate surface area is 122 Å². The fourth-order valence-electron chi connectivity index (χ4n) is 2.15. The lowest BCUT2D eigenvalue weighted by Gasteiger charge is -2.21. The molecule has 0 saturated carbocycles. The molecule has 0 bridgehead atoms. The number of hydrogen-bond donors (Lipinski definition) is 0. The molecule has 2 rings (SSSR count). The van der Waals surface area contributed by atoms with Crippen molar-refractivity contribution in [3.63, 3.8) is 0 Å². The lowest BCUT2D eigenvalue weighted by Crippen LogP contribution is -2.12. The van der Waals surface area contributed by atoms with Gasteiger partial charge in [0, 0.05) is 24.7 Å². The predicted octanol–water partition coefficient (Wildman–Crippen LogP) is 4.41. The van der Waals surface area contributed by atoms with Crippen molar-refractivity contribution in [3.05, 3.63) is 63.7 Å². The molecule has 0 aliphatic rings. The summed E-state index contributed by atoms with van der Waals surface area (Å²) < 4.78 is 0. The van der Waals surface area contributed by atoms with E-state index in [2.05, 4.69) is 0 Å². The summed E-state index contributed by atoms with van der Waals surface area (Å²) in [7, 11) is 1.82. The van der Waals surface area contributed by atoms with Crippen LogP contribution in [0.2, 0.25) is 0 Å². The molecule has 0 atom stereocenters. The van der Waals surface area contributed by atoms with Crippen molar-refractivity contribution in [2.75, 3.05) is 11.9 Å². The molecule has 0 radical (unpaired) electrons. The summed E-state index contributed by atoms with van der Waals surface area (Å²) >= 11 is 5.74. The number of benzene rings is 2. The minimum absolute atomic E-state index is 0.0638. The second-order valence-corrected chi connectivity index (χ2v) is 4.83. The van der Waals surface area contributed by atoms with Gasteiger partial charge in [-0.1, -0.05) is 24.3 Å². The van der Waals surface area contributed by atoms with Crippen LogP contribution < -0.4 is 4.90 Å². The van der Waals surface area contributed by atoms with Crippen LogP contribution >= 0.6 is 11.6 Å². The molecule has 0 fully saturated rings. The first-order chi connectivity index (χ1) is 9.54. The number of para-hydroxylation sites is 1. The number of aryl methyl sites for hydroxylation is 1. The zero-order valence-electron chi connectivity index (χ0n) is 11.3. The number of alkyl halides is 1. The highest BCUT2D eigenvalue weighted by Crippen LogP contribution is 2.34. The second kappa shape index (κ2) is 5.92. The minimum Gasteiger partial charge on any atom is -0.339 e. The molecule has 5 heteroatoms. The maximum absolute atomic E-state index is 11.2. The summed E-state index contributed by atoms with van der Waals surface area (Å²) in [6.07, 6.45) is 0. The highest BCUT2D eigenvalue weighted by atomic mass is 35.5. The third kappa shape index (κ3) is 2.75. The van der Waals surface area contributed by atoms with Crippen molar-refractivity contribution in [3.8, 4) is 0 Å². The summed E-state index contributed by atoms with van der Waals surface area (Å²) in [5.41, 5.74) is 3.35. The van der Waals surface area contributed by atoms with Gasteiger partial charge in [0.1, 0.15) is 5.69 Å². The number of anilines is 2. The number of nitro benzene ring substituents is 1. The van der Waals surface area contributed by atoms with Gasteiger partial charge in [0.05, 0.1) is 4.92 Å². The molecular weight excluding hydrogens is 276 g/mol. The standard InChI is InChI=1S/C15H15ClN2O2/c1-11-5-3-4-6-13(11)17(2)14-8-7-12(10-16)9-15(14)18(19)20/h3-9H,10H2,1-2H3. The van der Waals surface area contributed by atoms with Gasteiger partial charge in [-0.3, -0.25) is 10.1 Å². The molecule has 0 heterocycles. The topological polar surface area (TPSA) is 46.4 Å². The summed E-state index contributed by atoms with van der Waals surface area (Å²) in [4.78, 5) is 12.7. The van der Waals surface area contributed by atoms with Crippen molar-refractivity contribution in [1.29, 1.82) is 0 Å². The van der Waals surface area contributed by atoms with Crippen LogP contribution in [0.1, 0.15) is 11.1 Å². The van der Waals surface area contributed by atoms with Gasteiger partial charge in [0.15, 0.2) is 0 Å². The van der Waals surface area contributed by atoms with E-state index >= 15 is 0 Å². The van der Waals surface area contributed by atoms with Crippen molar-refractivity contribution in [1.82, 2.24) is 0 Å². The molecular formula is C15H15ClN2O2. The first kappa shape index (κ1) is 14.3. The molecule has 2 aromatic carbocycles. The van der Waals surface area contributed by atoms with Gasteiger partial charge in [-0.2, -0.15) is 0 Å². The lowest BCUT2D eigenvalue weighted by atomic mass is 10.1. The van der Waals surface area contributed by atoms with E-state index in [9.17, 15) is 10.1 Å². The summed E-state index contributed by atoms with van der Waals surface area (Å²) in [5.74, 6) is 0.259. The van der Waals surface area contributed by atoms with E-state index in [0.29, 0.717) is 5.69 Å². The van der Waals surface area contributed by atoms with Gasteiger partial charge in [-0.05, 0) is 30.2 Å². The second-order valence-electron chi connectivity index (χ2n) is 4.56. The molecule has 2 aromatic rings. The average Bonchev–Trinajstić information content (AvgIpc) is 2.46. The summed E-state index contributed by atoms with van der Waals surface area (Å²) in [5, 5.41) is 11.2. The lowest BCUT2D eigenvalue weighted by molar-refractivity contribution is -0.384. The van der Waals surface area contributed by atoms with E-state index in [4.69, 9.17) is 11.6 Å².